The van der Waals surface area contributed by atoms with Crippen LogP contribution in [0, 0.1) is 0 Å². The molecule has 1 rings (SSSR count). The van der Waals surface area contributed by atoms with E-state index in [-0.39, 0.29) is 6.61 Å². The molecule has 0 bridgehead atoms. The van der Waals surface area contributed by atoms with Crippen molar-refractivity contribution in [1.29, 1.82) is 0 Å². The minimum Gasteiger partial charge on any atom is -0.491 e. The first kappa shape index (κ1) is 13.5. The number of hydrogen-bond donors (Lipinski definition) is 2. The summed E-state index contributed by atoms with van der Waals surface area (Å²) in [4.78, 5) is 11.0. The van der Waals surface area contributed by atoms with Crippen molar-refractivity contribution in [2.75, 3.05) is 13.7 Å². The molecule has 1 atom stereocenters. The van der Waals surface area contributed by atoms with Crippen molar-refractivity contribution in [2.45, 2.75) is 25.8 Å². The largest absolute Gasteiger partial charge is 0.491 e. The van der Waals surface area contributed by atoms with Crippen molar-refractivity contribution in [3.63, 3.8) is 0 Å². The molecule has 0 aliphatic rings. The average molecular weight is 237 g/mol. The van der Waals surface area contributed by atoms with Crippen LogP contribution >= 0.6 is 0 Å². The molecule has 1 aromatic rings. The number of aryl methyl sites for hydroxylation is 1. The Morgan fingerprint density at radius 3 is 2.41 bits per heavy atom. The molecule has 0 aromatic heterocycles. The van der Waals surface area contributed by atoms with Gasteiger partial charge in [-0.05, 0) is 38.1 Å². The van der Waals surface area contributed by atoms with Gasteiger partial charge in [-0.1, -0.05) is 19.1 Å². The van der Waals surface area contributed by atoms with E-state index in [0.717, 1.165) is 6.42 Å². The fourth-order valence-corrected chi connectivity index (χ4v) is 1.29. The van der Waals surface area contributed by atoms with Gasteiger partial charge in [-0.15, -0.1) is 0 Å². The van der Waals surface area contributed by atoms with Gasteiger partial charge in [0.25, 0.3) is 0 Å². The standard InChI is InChI=1S/C13H19NO3/c1-4-10-5-7-11(8-6-10)17-9-13(2,14-3)12(15)16/h5-8,14H,4,9H2,1-3H3,(H,15,16). The number of carboxylic acids is 1. The average Bonchev–Trinajstić information content (AvgIpc) is 2.36. The SMILES string of the molecule is CCc1ccc(OCC(C)(NC)C(=O)O)cc1. The number of ether oxygens (including phenoxy) is 1. The fraction of sp³-hybridized carbons (Fsp3) is 0.462. The van der Waals surface area contributed by atoms with Crippen LogP contribution < -0.4 is 10.1 Å². The first-order valence-corrected chi connectivity index (χ1v) is 5.66. The second kappa shape index (κ2) is 5.68. The highest BCUT2D eigenvalue weighted by molar-refractivity contribution is 5.78. The van der Waals surface area contributed by atoms with E-state index in [1.165, 1.54) is 5.56 Å². The molecule has 0 aliphatic heterocycles. The van der Waals surface area contributed by atoms with Gasteiger partial charge in [0, 0.05) is 0 Å². The molecule has 17 heavy (non-hydrogen) atoms. The van der Waals surface area contributed by atoms with Gasteiger partial charge in [-0.3, -0.25) is 4.79 Å². The summed E-state index contributed by atoms with van der Waals surface area (Å²) in [5.41, 5.74) is 0.163. The van der Waals surface area contributed by atoms with Gasteiger partial charge in [0.1, 0.15) is 17.9 Å². The van der Waals surface area contributed by atoms with Crippen LogP contribution in [-0.4, -0.2) is 30.3 Å². The number of carboxylic acid groups (broad SMARTS) is 1. The van der Waals surface area contributed by atoms with Gasteiger partial charge in [0.2, 0.25) is 0 Å². The highest BCUT2D eigenvalue weighted by Crippen LogP contribution is 2.14. The molecule has 0 fully saturated rings. The van der Waals surface area contributed by atoms with Crippen LogP contribution in [0.5, 0.6) is 5.75 Å². The van der Waals surface area contributed by atoms with E-state index in [1.807, 2.05) is 24.3 Å². The number of carbonyl (C=O) groups is 1. The normalized spacial score (nSPS) is 14.1. The van der Waals surface area contributed by atoms with Crippen molar-refractivity contribution in [2.24, 2.45) is 0 Å². The van der Waals surface area contributed by atoms with E-state index in [4.69, 9.17) is 9.84 Å². The quantitative estimate of drug-likeness (QED) is 0.790. The van der Waals surface area contributed by atoms with Crippen LogP contribution in [0.15, 0.2) is 24.3 Å². The zero-order valence-electron chi connectivity index (χ0n) is 10.5. The molecule has 1 aromatic carbocycles. The summed E-state index contributed by atoms with van der Waals surface area (Å²) in [6.45, 7) is 3.76. The van der Waals surface area contributed by atoms with E-state index < -0.39 is 11.5 Å². The first-order chi connectivity index (χ1) is 8.01. The highest BCUT2D eigenvalue weighted by Gasteiger charge is 2.32. The van der Waals surface area contributed by atoms with Crippen LogP contribution in [0.25, 0.3) is 0 Å². The summed E-state index contributed by atoms with van der Waals surface area (Å²) in [7, 11) is 1.61. The van der Waals surface area contributed by atoms with Crippen molar-refractivity contribution >= 4 is 5.97 Å². The van der Waals surface area contributed by atoms with Gasteiger partial charge < -0.3 is 15.2 Å². The first-order valence-electron chi connectivity index (χ1n) is 5.66. The van der Waals surface area contributed by atoms with E-state index in [0.29, 0.717) is 5.75 Å². The Morgan fingerprint density at radius 1 is 1.41 bits per heavy atom. The van der Waals surface area contributed by atoms with Gasteiger partial charge in [-0.2, -0.15) is 0 Å². The van der Waals surface area contributed by atoms with Crippen LogP contribution in [0.2, 0.25) is 0 Å². The molecule has 94 valence electrons. The number of rotatable bonds is 6. The summed E-state index contributed by atoms with van der Waals surface area (Å²) in [5, 5.41) is 11.8. The lowest BCUT2D eigenvalue weighted by atomic mass is 10.1. The molecule has 0 spiro atoms. The third kappa shape index (κ3) is 3.46. The second-order valence-corrected chi connectivity index (χ2v) is 4.17. The molecule has 1 unspecified atom stereocenters. The number of aliphatic carboxylic acids is 1. The maximum absolute atomic E-state index is 11.0. The second-order valence-electron chi connectivity index (χ2n) is 4.17. The maximum Gasteiger partial charge on any atom is 0.327 e. The molecular formula is C13H19NO3. The summed E-state index contributed by atoms with van der Waals surface area (Å²) in [6.07, 6.45) is 0.976. The molecule has 0 saturated carbocycles. The van der Waals surface area contributed by atoms with E-state index >= 15 is 0 Å². The lowest BCUT2D eigenvalue weighted by Crippen LogP contribution is -2.52. The highest BCUT2D eigenvalue weighted by atomic mass is 16.5. The number of hydrogen-bond acceptors (Lipinski definition) is 3. The zero-order valence-corrected chi connectivity index (χ0v) is 10.5. The molecule has 0 aliphatic carbocycles. The molecule has 2 N–H and O–H groups in total. The lowest BCUT2D eigenvalue weighted by Gasteiger charge is -2.24. The van der Waals surface area contributed by atoms with Crippen LogP contribution in [-0.2, 0) is 11.2 Å². The fourth-order valence-electron chi connectivity index (χ4n) is 1.29. The monoisotopic (exact) mass is 237 g/mol. The van der Waals surface area contributed by atoms with E-state index in [2.05, 4.69) is 12.2 Å². The predicted molar refractivity (Wildman–Crippen MR) is 66.4 cm³/mol. The van der Waals surface area contributed by atoms with Crippen LogP contribution in [0.1, 0.15) is 19.4 Å². The molecule has 4 heteroatoms. The smallest absolute Gasteiger partial charge is 0.327 e. The van der Waals surface area contributed by atoms with Gasteiger partial charge in [0.15, 0.2) is 0 Å². The number of likely N-dealkylation sites (N-methyl/N-ethyl adjacent to an activating group) is 1. The molecular weight excluding hydrogens is 218 g/mol. The van der Waals surface area contributed by atoms with Crippen LogP contribution in [0.3, 0.4) is 0 Å². The Kier molecular flexibility index (Phi) is 4.52. The molecule has 4 nitrogen and oxygen atoms in total. The van der Waals surface area contributed by atoms with Gasteiger partial charge in [0.05, 0.1) is 0 Å². The molecule has 0 heterocycles. The molecule has 0 radical (unpaired) electrons. The van der Waals surface area contributed by atoms with Crippen molar-refractivity contribution < 1.29 is 14.6 Å². The Hall–Kier alpha value is -1.55. The van der Waals surface area contributed by atoms with Crippen molar-refractivity contribution in [3.8, 4) is 5.75 Å². The molecule has 0 saturated heterocycles. The van der Waals surface area contributed by atoms with Gasteiger partial charge >= 0.3 is 5.97 Å². The Morgan fingerprint density at radius 2 is 2.00 bits per heavy atom. The number of nitrogens with one attached hydrogen (secondary N) is 1. The Balaban J connectivity index is 2.63. The molecule has 0 amide bonds. The summed E-state index contributed by atoms with van der Waals surface area (Å²) in [5.74, 6) is -0.241. The minimum absolute atomic E-state index is 0.0876. The number of benzene rings is 1. The van der Waals surface area contributed by atoms with Crippen molar-refractivity contribution in [1.82, 2.24) is 5.32 Å². The zero-order chi connectivity index (χ0) is 12.9. The van der Waals surface area contributed by atoms with Crippen LogP contribution in [0.4, 0.5) is 0 Å². The van der Waals surface area contributed by atoms with E-state index in [1.54, 1.807) is 14.0 Å². The summed E-state index contributed by atoms with van der Waals surface area (Å²) >= 11 is 0. The summed E-state index contributed by atoms with van der Waals surface area (Å²) < 4.78 is 5.48. The van der Waals surface area contributed by atoms with E-state index in [9.17, 15) is 4.79 Å². The maximum atomic E-state index is 11.0. The Bertz CT molecular complexity index is 375. The third-order valence-corrected chi connectivity index (χ3v) is 2.88. The summed E-state index contributed by atoms with van der Waals surface area (Å²) in [6, 6.07) is 7.67. The minimum atomic E-state index is -1.07. The third-order valence-electron chi connectivity index (χ3n) is 2.88. The van der Waals surface area contributed by atoms with Gasteiger partial charge in [-0.25, -0.2) is 0 Å². The Labute approximate surface area is 102 Å². The predicted octanol–water partition coefficient (Wildman–Crippen LogP) is 1.69. The lowest BCUT2D eigenvalue weighted by molar-refractivity contribution is -0.145. The van der Waals surface area contributed by atoms with Crippen molar-refractivity contribution in [3.05, 3.63) is 29.8 Å². The topological polar surface area (TPSA) is 58.6 Å².